The van der Waals surface area contributed by atoms with E-state index in [0.717, 1.165) is 12.2 Å². The van der Waals surface area contributed by atoms with E-state index in [1.54, 1.807) is 0 Å². The summed E-state index contributed by atoms with van der Waals surface area (Å²) < 4.78 is 19.3. The summed E-state index contributed by atoms with van der Waals surface area (Å²) in [4.78, 5) is 21.0. The smallest absolute Gasteiger partial charge is 0.330 e. The Morgan fingerprint density at radius 3 is 1.47 bits per heavy atom. The predicted octanol–water partition coefficient (Wildman–Crippen LogP) is 1.86. The summed E-state index contributed by atoms with van der Waals surface area (Å²) in [7, 11) is -1.01. The Kier molecular flexibility index (Phi) is 14.4. The maximum absolute atomic E-state index is 10.5. The van der Waals surface area contributed by atoms with Gasteiger partial charge < -0.3 is 9.47 Å². The van der Waals surface area contributed by atoms with Crippen LogP contribution >= 0.6 is 0 Å². The van der Waals surface area contributed by atoms with Gasteiger partial charge in [-0.25, -0.2) is 9.59 Å². The molecule has 0 amide bonds. The van der Waals surface area contributed by atoms with E-state index < -0.39 is 22.7 Å². The summed E-state index contributed by atoms with van der Waals surface area (Å²) in [5.41, 5.74) is 0. The van der Waals surface area contributed by atoms with E-state index in [1.807, 2.05) is 0 Å². The molecule has 0 rings (SSSR count). The van der Waals surface area contributed by atoms with Crippen molar-refractivity contribution in [3.8, 4) is 0 Å². The fourth-order valence-corrected chi connectivity index (χ4v) is 0.726. The van der Waals surface area contributed by atoms with Gasteiger partial charge >= 0.3 is 11.9 Å². The first-order valence-electron chi connectivity index (χ1n) is 5.24. The van der Waals surface area contributed by atoms with Crippen molar-refractivity contribution in [1.29, 1.82) is 0 Å². The van der Waals surface area contributed by atoms with Crippen molar-refractivity contribution >= 4 is 22.7 Å². The van der Waals surface area contributed by atoms with Gasteiger partial charge in [-0.05, 0) is 10.8 Å². The molecule has 19 heavy (non-hydrogen) atoms. The first-order valence-corrected chi connectivity index (χ1v) is 6.52. The fourth-order valence-electron chi connectivity index (χ4n) is 0.590. The lowest BCUT2D eigenvalue weighted by atomic mass is 10.5. The van der Waals surface area contributed by atoms with Crippen molar-refractivity contribution in [2.45, 2.75) is 6.42 Å². The van der Waals surface area contributed by atoms with Gasteiger partial charge in [-0.2, -0.15) is 0 Å². The molecule has 0 atom stereocenters. The number of hydrogen-bond acceptors (Lipinski definition) is 5. The fraction of sp³-hybridized carbons (Fsp3) is 0.231. The van der Waals surface area contributed by atoms with Gasteiger partial charge in [0.25, 0.3) is 0 Å². The number of ether oxygens (including phenoxy) is 2. The highest BCUT2D eigenvalue weighted by Gasteiger charge is 1.97. The van der Waals surface area contributed by atoms with Gasteiger partial charge in [0.1, 0.15) is 0 Å². The molecule has 0 bridgehead atoms. The maximum atomic E-state index is 10.5. The quantitative estimate of drug-likeness (QED) is 0.387. The van der Waals surface area contributed by atoms with Crippen molar-refractivity contribution in [2.24, 2.45) is 0 Å². The highest BCUT2D eigenvalue weighted by atomic mass is 32.2. The highest BCUT2D eigenvalue weighted by Crippen LogP contribution is 1.88. The van der Waals surface area contributed by atoms with E-state index >= 15 is 0 Å². The zero-order valence-corrected chi connectivity index (χ0v) is 11.5. The van der Waals surface area contributed by atoms with Crippen LogP contribution in [0.4, 0.5) is 0 Å². The molecule has 0 radical (unpaired) electrons. The molecule has 0 saturated heterocycles. The second kappa shape index (κ2) is 14.1. The van der Waals surface area contributed by atoms with Gasteiger partial charge in [0.05, 0.1) is 24.0 Å². The molecule has 0 fully saturated rings. The molecule has 0 aromatic heterocycles. The number of carbonyl (C=O) groups excluding carboxylic acids is 2. The minimum absolute atomic E-state index is 0.218. The van der Waals surface area contributed by atoms with E-state index in [2.05, 4.69) is 35.8 Å². The molecule has 0 N–H and O–H groups in total. The van der Waals surface area contributed by atoms with Gasteiger partial charge in [-0.3, -0.25) is 4.21 Å². The molecule has 0 aromatic carbocycles. The molecule has 6 heteroatoms. The average Bonchev–Trinajstić information content (AvgIpc) is 2.45. The third-order valence-electron chi connectivity index (χ3n) is 1.44. The van der Waals surface area contributed by atoms with Crippen LogP contribution in [0.15, 0.2) is 49.3 Å². The Hall–Kier alpha value is -1.95. The van der Waals surface area contributed by atoms with Crippen LogP contribution in [0.3, 0.4) is 0 Å². The van der Waals surface area contributed by atoms with Gasteiger partial charge in [0, 0.05) is 18.6 Å². The predicted molar refractivity (Wildman–Crippen MR) is 75.5 cm³/mol. The van der Waals surface area contributed by atoms with Gasteiger partial charge in [-0.15, -0.1) is 0 Å². The van der Waals surface area contributed by atoms with Crippen LogP contribution in [0.5, 0.6) is 0 Å². The minimum atomic E-state index is -1.01. The Morgan fingerprint density at radius 1 is 0.895 bits per heavy atom. The highest BCUT2D eigenvalue weighted by molar-refractivity contribution is 7.90. The van der Waals surface area contributed by atoms with Gasteiger partial charge in [0.2, 0.25) is 0 Å². The van der Waals surface area contributed by atoms with Gasteiger partial charge in [-0.1, -0.05) is 26.3 Å². The largest absolute Gasteiger partial charge is 0.462 e. The lowest BCUT2D eigenvalue weighted by Gasteiger charge is -2.02. The first kappa shape index (κ1) is 19.4. The number of hydrogen-bond donors (Lipinski definition) is 0. The van der Waals surface area contributed by atoms with Crippen LogP contribution in [-0.4, -0.2) is 29.4 Å². The van der Waals surface area contributed by atoms with Crippen molar-refractivity contribution in [1.82, 2.24) is 0 Å². The summed E-state index contributed by atoms with van der Waals surface area (Å²) >= 11 is 0. The van der Waals surface area contributed by atoms with E-state index in [4.69, 9.17) is 0 Å². The SMILES string of the molecule is C=CC(=O)OCCCOC(=O)C=C.C=CS(=O)C=C. The van der Waals surface area contributed by atoms with Gasteiger partial charge in [0.15, 0.2) is 0 Å². The minimum Gasteiger partial charge on any atom is -0.462 e. The Balaban J connectivity index is 0. The van der Waals surface area contributed by atoms with E-state index in [0.29, 0.717) is 6.42 Å². The summed E-state index contributed by atoms with van der Waals surface area (Å²) in [5, 5.41) is 2.65. The van der Waals surface area contributed by atoms with Crippen molar-refractivity contribution in [3.63, 3.8) is 0 Å². The van der Waals surface area contributed by atoms with Crippen molar-refractivity contribution in [3.05, 3.63) is 49.3 Å². The second-order valence-electron chi connectivity index (χ2n) is 2.76. The summed E-state index contributed by atoms with van der Waals surface area (Å²) in [5.74, 6) is -0.954. The van der Waals surface area contributed by atoms with E-state index in [9.17, 15) is 13.8 Å². The van der Waals surface area contributed by atoms with Crippen LogP contribution in [0.2, 0.25) is 0 Å². The van der Waals surface area contributed by atoms with Crippen LogP contribution in [-0.2, 0) is 29.9 Å². The Bertz CT molecular complexity index is 328. The maximum Gasteiger partial charge on any atom is 0.330 e. The van der Waals surface area contributed by atoms with Crippen LogP contribution in [0.25, 0.3) is 0 Å². The van der Waals surface area contributed by atoms with Crippen LogP contribution in [0, 0.1) is 0 Å². The average molecular weight is 286 g/mol. The molecule has 106 valence electrons. The van der Waals surface area contributed by atoms with E-state index in [-0.39, 0.29) is 13.2 Å². The molecular formula is C13H18O5S. The molecule has 0 aromatic rings. The third kappa shape index (κ3) is 16.1. The van der Waals surface area contributed by atoms with E-state index in [1.165, 1.54) is 10.8 Å². The molecule has 0 saturated carbocycles. The molecular weight excluding hydrogens is 268 g/mol. The summed E-state index contributed by atoms with van der Waals surface area (Å²) in [6, 6.07) is 0. The number of esters is 2. The first-order chi connectivity index (χ1) is 9.01. The zero-order chi connectivity index (χ0) is 15.1. The topological polar surface area (TPSA) is 69.7 Å². The van der Waals surface area contributed by atoms with Crippen molar-refractivity contribution in [2.75, 3.05) is 13.2 Å². The van der Waals surface area contributed by atoms with Crippen molar-refractivity contribution < 1.29 is 23.3 Å². The summed E-state index contributed by atoms with van der Waals surface area (Å²) in [6.45, 7) is 13.4. The molecule has 0 aliphatic heterocycles. The number of carbonyl (C=O) groups is 2. The monoisotopic (exact) mass is 286 g/mol. The lowest BCUT2D eigenvalue weighted by molar-refractivity contribution is -0.140. The normalized spacial score (nSPS) is 8.47. The molecule has 0 aliphatic rings. The Labute approximate surface area is 115 Å². The molecule has 5 nitrogen and oxygen atoms in total. The molecule has 0 unspecified atom stereocenters. The zero-order valence-electron chi connectivity index (χ0n) is 10.7. The molecule has 0 spiro atoms. The second-order valence-corrected chi connectivity index (χ2v) is 4.08. The Morgan fingerprint density at radius 2 is 1.26 bits per heavy atom. The lowest BCUT2D eigenvalue weighted by Crippen LogP contribution is -2.07. The summed E-state index contributed by atoms with van der Waals surface area (Å²) in [6.07, 6.45) is 2.63. The third-order valence-corrected chi connectivity index (χ3v) is 2.10. The molecule has 0 aliphatic carbocycles. The van der Waals surface area contributed by atoms with Crippen LogP contribution < -0.4 is 0 Å². The van der Waals surface area contributed by atoms with Crippen LogP contribution in [0.1, 0.15) is 6.42 Å². The number of rotatable bonds is 8. The molecule has 0 heterocycles. The standard InChI is InChI=1S/C9H12O4.C4H6OS/c1-3-8(10)12-6-5-7-13-9(11)4-2;1-3-6(5)4-2/h3-4H,1-2,5-7H2;3-4H,1-2H2.